The molecule has 0 N–H and O–H groups in total. The molecule has 8 nitrogen and oxygen atoms in total. The third-order valence-corrected chi connectivity index (χ3v) is 6.03. The number of aromatic nitrogens is 3. The van der Waals surface area contributed by atoms with E-state index in [1.54, 1.807) is 42.2 Å². The van der Waals surface area contributed by atoms with Crippen LogP contribution in [0.3, 0.4) is 0 Å². The first kappa shape index (κ1) is 16.6. The van der Waals surface area contributed by atoms with Crippen LogP contribution in [0.2, 0.25) is 0 Å². The molecule has 0 spiro atoms. The Morgan fingerprint density at radius 1 is 1.12 bits per heavy atom. The molecule has 2 heterocycles. The molecule has 1 saturated heterocycles. The van der Waals surface area contributed by atoms with Crippen molar-refractivity contribution in [2.45, 2.75) is 17.9 Å². The van der Waals surface area contributed by atoms with E-state index < -0.39 is 16.1 Å². The Morgan fingerprint density at radius 2 is 1.79 bits per heavy atom. The fourth-order valence-corrected chi connectivity index (χ4v) is 4.13. The lowest BCUT2D eigenvalue weighted by atomic mass is 10.2. The predicted molar refractivity (Wildman–Crippen MR) is 86.5 cm³/mol. The zero-order chi connectivity index (χ0) is 17.2. The summed E-state index contributed by atoms with van der Waals surface area (Å²) in [6.07, 6.45) is 2.88. The van der Waals surface area contributed by atoms with E-state index in [4.69, 9.17) is 0 Å². The van der Waals surface area contributed by atoms with Crippen LogP contribution >= 0.6 is 0 Å². The van der Waals surface area contributed by atoms with Crippen molar-refractivity contribution in [2.24, 2.45) is 0 Å². The number of nitrogens with zero attached hydrogens (tertiary/aromatic N) is 5. The van der Waals surface area contributed by atoms with Crippen molar-refractivity contribution in [2.75, 3.05) is 26.2 Å². The fraction of sp³-hybridized carbons (Fsp3) is 0.400. The highest BCUT2D eigenvalue weighted by Crippen LogP contribution is 2.18. The smallest absolute Gasteiger partial charge is 0.247 e. The van der Waals surface area contributed by atoms with Gasteiger partial charge in [0.2, 0.25) is 15.9 Å². The molecule has 1 unspecified atom stereocenters. The van der Waals surface area contributed by atoms with E-state index in [1.165, 1.54) is 21.6 Å². The summed E-state index contributed by atoms with van der Waals surface area (Å²) >= 11 is 0. The van der Waals surface area contributed by atoms with Gasteiger partial charge in [0.15, 0.2) is 0 Å². The molecule has 0 bridgehead atoms. The monoisotopic (exact) mass is 349 g/mol. The lowest BCUT2D eigenvalue weighted by molar-refractivity contribution is -0.135. The average Bonchev–Trinajstić information content (AvgIpc) is 3.16. The largest absolute Gasteiger partial charge is 0.338 e. The van der Waals surface area contributed by atoms with Crippen LogP contribution in [0, 0.1) is 0 Å². The molecule has 24 heavy (non-hydrogen) atoms. The fourth-order valence-electron chi connectivity index (χ4n) is 2.69. The third-order valence-electron chi connectivity index (χ3n) is 4.12. The Bertz CT molecular complexity index is 784. The first-order valence-corrected chi connectivity index (χ1v) is 9.12. The summed E-state index contributed by atoms with van der Waals surface area (Å²) in [7, 11) is -3.51. The van der Waals surface area contributed by atoms with Crippen LogP contribution in [0.4, 0.5) is 0 Å². The molecule has 1 fully saturated rings. The number of rotatable bonds is 4. The van der Waals surface area contributed by atoms with Crippen molar-refractivity contribution in [3.63, 3.8) is 0 Å². The van der Waals surface area contributed by atoms with E-state index in [1.807, 2.05) is 0 Å². The Hall–Kier alpha value is -2.26. The Morgan fingerprint density at radius 3 is 2.38 bits per heavy atom. The van der Waals surface area contributed by atoms with Crippen LogP contribution in [0.1, 0.15) is 13.0 Å². The molecule has 3 rings (SSSR count). The first-order valence-electron chi connectivity index (χ1n) is 7.68. The van der Waals surface area contributed by atoms with Crippen LogP contribution in [-0.4, -0.2) is 64.5 Å². The minimum Gasteiger partial charge on any atom is -0.338 e. The van der Waals surface area contributed by atoms with Crippen molar-refractivity contribution in [1.82, 2.24) is 24.0 Å². The van der Waals surface area contributed by atoms with Gasteiger partial charge in [0.25, 0.3) is 0 Å². The summed E-state index contributed by atoms with van der Waals surface area (Å²) in [5.41, 5.74) is 0. The summed E-state index contributed by atoms with van der Waals surface area (Å²) in [6, 6.07) is 7.89. The molecule has 1 aliphatic rings. The Labute approximate surface area is 140 Å². The average molecular weight is 349 g/mol. The second kappa shape index (κ2) is 6.70. The van der Waals surface area contributed by atoms with Crippen LogP contribution in [0.15, 0.2) is 47.9 Å². The van der Waals surface area contributed by atoms with Crippen molar-refractivity contribution in [3.8, 4) is 0 Å². The highest BCUT2D eigenvalue weighted by Gasteiger charge is 2.31. The van der Waals surface area contributed by atoms with Gasteiger partial charge in [-0.2, -0.15) is 9.40 Å². The topological polar surface area (TPSA) is 88.4 Å². The molecule has 0 aliphatic carbocycles. The van der Waals surface area contributed by atoms with Crippen molar-refractivity contribution < 1.29 is 13.2 Å². The summed E-state index contributed by atoms with van der Waals surface area (Å²) in [5.74, 6) is -0.0859. The first-order chi connectivity index (χ1) is 11.5. The second-order valence-corrected chi connectivity index (χ2v) is 7.53. The number of carbonyl (C=O) groups is 1. The quantitative estimate of drug-likeness (QED) is 0.796. The van der Waals surface area contributed by atoms with Crippen LogP contribution in [-0.2, 0) is 14.8 Å². The van der Waals surface area contributed by atoms with Crippen LogP contribution < -0.4 is 0 Å². The van der Waals surface area contributed by atoms with E-state index in [2.05, 4.69) is 10.1 Å². The normalized spacial score (nSPS) is 17.6. The SMILES string of the molecule is CC(C(=O)N1CCN(S(=O)(=O)c2ccccc2)CC1)n1cncn1. The van der Waals surface area contributed by atoms with E-state index >= 15 is 0 Å². The van der Waals surface area contributed by atoms with Crippen molar-refractivity contribution >= 4 is 15.9 Å². The predicted octanol–water partition coefficient (Wildman–Crippen LogP) is 0.372. The molecule has 0 radical (unpaired) electrons. The third kappa shape index (κ3) is 3.17. The van der Waals surface area contributed by atoms with Crippen molar-refractivity contribution in [1.29, 1.82) is 0 Å². The maximum atomic E-state index is 12.6. The zero-order valence-corrected chi connectivity index (χ0v) is 14.1. The molecule has 1 atom stereocenters. The highest BCUT2D eigenvalue weighted by atomic mass is 32.2. The minimum atomic E-state index is -3.51. The Kier molecular flexibility index (Phi) is 4.63. The number of piperazine rings is 1. The van der Waals surface area contributed by atoms with E-state index in [9.17, 15) is 13.2 Å². The van der Waals surface area contributed by atoms with Gasteiger partial charge in [-0.15, -0.1) is 0 Å². The highest BCUT2D eigenvalue weighted by molar-refractivity contribution is 7.89. The van der Waals surface area contributed by atoms with Crippen LogP contribution in [0.25, 0.3) is 0 Å². The lowest BCUT2D eigenvalue weighted by Crippen LogP contribution is -2.51. The van der Waals surface area contributed by atoms with Crippen LogP contribution in [0.5, 0.6) is 0 Å². The van der Waals surface area contributed by atoms with Gasteiger partial charge in [0, 0.05) is 26.2 Å². The molecule has 2 aromatic rings. The van der Waals surface area contributed by atoms with Gasteiger partial charge in [-0.1, -0.05) is 18.2 Å². The molecule has 0 saturated carbocycles. The summed E-state index contributed by atoms with van der Waals surface area (Å²) < 4.78 is 28.1. The van der Waals surface area contributed by atoms with Gasteiger partial charge in [0.1, 0.15) is 18.7 Å². The standard InChI is InChI=1S/C15H19N5O3S/c1-13(20-12-16-11-17-20)15(21)18-7-9-19(10-8-18)24(22,23)14-5-3-2-4-6-14/h2-6,11-13H,7-10H2,1H3. The number of hydrogen-bond donors (Lipinski definition) is 0. The van der Waals surface area contributed by atoms with Gasteiger partial charge < -0.3 is 4.90 Å². The summed E-state index contributed by atoms with van der Waals surface area (Å²) in [6.45, 7) is 3.05. The molecule has 1 amide bonds. The van der Waals surface area contributed by atoms with E-state index in [0.717, 1.165) is 0 Å². The lowest BCUT2D eigenvalue weighted by Gasteiger charge is -2.35. The molecule has 1 aromatic heterocycles. The zero-order valence-electron chi connectivity index (χ0n) is 13.3. The second-order valence-electron chi connectivity index (χ2n) is 5.59. The Balaban J connectivity index is 1.65. The minimum absolute atomic E-state index is 0.0859. The number of sulfonamides is 1. The number of hydrogen-bond acceptors (Lipinski definition) is 5. The van der Waals surface area contributed by atoms with Gasteiger partial charge in [-0.3, -0.25) is 4.79 Å². The number of carbonyl (C=O) groups excluding carboxylic acids is 1. The van der Waals surface area contributed by atoms with Gasteiger partial charge in [-0.05, 0) is 19.1 Å². The molecule has 1 aromatic carbocycles. The number of amides is 1. The molecular formula is C15H19N5O3S. The number of benzene rings is 1. The van der Waals surface area contributed by atoms with Crippen molar-refractivity contribution in [3.05, 3.63) is 43.0 Å². The molecule has 9 heteroatoms. The summed E-state index contributed by atoms with van der Waals surface area (Å²) in [5, 5.41) is 3.98. The molecular weight excluding hydrogens is 330 g/mol. The molecule has 128 valence electrons. The maximum absolute atomic E-state index is 12.6. The van der Waals surface area contributed by atoms with Gasteiger partial charge >= 0.3 is 0 Å². The van der Waals surface area contributed by atoms with Gasteiger partial charge in [0.05, 0.1) is 4.90 Å². The molecule has 1 aliphatic heterocycles. The van der Waals surface area contributed by atoms with Gasteiger partial charge in [-0.25, -0.2) is 18.1 Å². The van der Waals surface area contributed by atoms with E-state index in [-0.39, 0.29) is 23.9 Å². The summed E-state index contributed by atoms with van der Waals surface area (Å²) in [4.78, 5) is 18.3. The van der Waals surface area contributed by atoms with E-state index in [0.29, 0.717) is 13.1 Å². The maximum Gasteiger partial charge on any atom is 0.247 e.